The maximum absolute atomic E-state index is 12.7. The lowest BCUT2D eigenvalue weighted by Crippen LogP contribution is -2.52. The van der Waals surface area contributed by atoms with E-state index >= 15 is 0 Å². The van der Waals surface area contributed by atoms with Gasteiger partial charge in [-0.25, -0.2) is 13.2 Å². The summed E-state index contributed by atoms with van der Waals surface area (Å²) in [7, 11) is -1.93. The van der Waals surface area contributed by atoms with Crippen molar-refractivity contribution in [1.82, 2.24) is 14.5 Å². The first-order valence-corrected chi connectivity index (χ1v) is 10.8. The number of ether oxygens (including phenoxy) is 1. The Balaban J connectivity index is 1.52. The van der Waals surface area contributed by atoms with Crippen LogP contribution in [-0.4, -0.2) is 56.9 Å². The molecule has 0 spiro atoms. The molecule has 1 aliphatic heterocycles. The molecule has 8 heteroatoms. The average Bonchev–Trinajstić information content (AvgIpc) is 2.74. The molecular formula is C21H25N3O4S. The number of nitrogens with one attached hydrogen (secondary N) is 1. The minimum Gasteiger partial charge on any atom is -0.497 e. The fourth-order valence-electron chi connectivity index (χ4n) is 3.01. The van der Waals surface area contributed by atoms with Crippen molar-refractivity contribution in [2.24, 2.45) is 0 Å². The first-order valence-electron chi connectivity index (χ1n) is 9.33. The van der Waals surface area contributed by atoms with Gasteiger partial charge in [0.1, 0.15) is 5.75 Å². The second-order valence-electron chi connectivity index (χ2n) is 6.76. The topological polar surface area (TPSA) is 79.0 Å². The van der Waals surface area contributed by atoms with Crippen molar-refractivity contribution in [1.29, 1.82) is 0 Å². The highest BCUT2D eigenvalue weighted by molar-refractivity contribution is 7.89. The van der Waals surface area contributed by atoms with Crippen LogP contribution in [0.3, 0.4) is 0 Å². The third kappa shape index (κ3) is 5.16. The number of benzene rings is 2. The Bertz CT molecular complexity index is 962. The number of hydrogen-bond acceptors (Lipinski definition) is 4. The SMILES string of the molecule is COc1ccc(/C=C/NC(=O)N2CCN(S(=O)(=O)c3ccc(C)cc3)CC2)cc1. The molecular weight excluding hydrogens is 390 g/mol. The molecule has 1 fully saturated rings. The van der Waals surface area contributed by atoms with Crippen molar-refractivity contribution in [3.05, 3.63) is 65.9 Å². The van der Waals surface area contributed by atoms with Crippen molar-refractivity contribution in [2.45, 2.75) is 11.8 Å². The smallest absolute Gasteiger partial charge is 0.321 e. The van der Waals surface area contributed by atoms with Gasteiger partial charge < -0.3 is 15.0 Å². The van der Waals surface area contributed by atoms with E-state index in [9.17, 15) is 13.2 Å². The quantitative estimate of drug-likeness (QED) is 0.814. The van der Waals surface area contributed by atoms with Crippen molar-refractivity contribution in [2.75, 3.05) is 33.3 Å². The summed E-state index contributed by atoms with van der Waals surface area (Å²) in [6, 6.07) is 14.0. The standard InChI is InChI=1S/C21H25N3O4S/c1-17-3-9-20(10-4-17)29(26,27)24-15-13-23(14-16-24)21(25)22-12-11-18-5-7-19(28-2)8-6-18/h3-12H,13-16H2,1-2H3,(H,22,25)/b12-11+. The fourth-order valence-corrected chi connectivity index (χ4v) is 4.43. The number of piperazine rings is 1. The number of urea groups is 1. The summed E-state index contributed by atoms with van der Waals surface area (Å²) in [6.45, 7) is 3.13. The lowest BCUT2D eigenvalue weighted by molar-refractivity contribution is 0.175. The van der Waals surface area contributed by atoms with E-state index in [4.69, 9.17) is 4.74 Å². The third-order valence-corrected chi connectivity index (χ3v) is 6.70. The van der Waals surface area contributed by atoms with Crippen LogP contribution in [0.15, 0.2) is 59.6 Å². The minimum atomic E-state index is -3.54. The zero-order valence-corrected chi connectivity index (χ0v) is 17.4. The normalized spacial score (nSPS) is 15.4. The predicted octanol–water partition coefficient (Wildman–Crippen LogP) is 2.69. The number of carbonyl (C=O) groups excluding carboxylic acids is 1. The number of nitrogens with zero attached hydrogens (tertiary/aromatic N) is 2. The highest BCUT2D eigenvalue weighted by atomic mass is 32.2. The Labute approximate surface area is 171 Å². The number of sulfonamides is 1. The molecule has 2 aromatic rings. The molecule has 1 saturated heterocycles. The number of hydrogen-bond donors (Lipinski definition) is 1. The molecule has 0 aromatic heterocycles. The third-order valence-electron chi connectivity index (χ3n) is 4.78. The summed E-state index contributed by atoms with van der Waals surface area (Å²) >= 11 is 0. The summed E-state index contributed by atoms with van der Waals surface area (Å²) < 4.78 is 32.0. The Hall–Kier alpha value is -2.84. The maximum Gasteiger partial charge on any atom is 0.321 e. The van der Waals surface area contributed by atoms with Crippen LogP contribution in [0.25, 0.3) is 6.08 Å². The van der Waals surface area contributed by atoms with E-state index in [2.05, 4.69) is 5.32 Å². The largest absolute Gasteiger partial charge is 0.497 e. The van der Waals surface area contributed by atoms with E-state index in [-0.39, 0.29) is 24.0 Å². The maximum atomic E-state index is 12.7. The molecule has 1 heterocycles. The summed E-state index contributed by atoms with van der Waals surface area (Å²) in [5.41, 5.74) is 1.94. The van der Waals surface area contributed by atoms with Gasteiger partial charge in [0.15, 0.2) is 0 Å². The molecule has 0 unspecified atom stereocenters. The van der Waals surface area contributed by atoms with E-state index < -0.39 is 10.0 Å². The van der Waals surface area contributed by atoms with Crippen LogP contribution >= 0.6 is 0 Å². The van der Waals surface area contributed by atoms with Gasteiger partial charge in [0.2, 0.25) is 10.0 Å². The predicted molar refractivity (Wildman–Crippen MR) is 112 cm³/mol. The van der Waals surface area contributed by atoms with Crippen LogP contribution in [0.5, 0.6) is 5.75 Å². The van der Waals surface area contributed by atoms with Gasteiger partial charge in [0, 0.05) is 32.4 Å². The summed E-state index contributed by atoms with van der Waals surface area (Å²) in [6.07, 6.45) is 3.37. The van der Waals surface area contributed by atoms with Gasteiger partial charge >= 0.3 is 6.03 Å². The van der Waals surface area contributed by atoms with Crippen molar-refractivity contribution in [3.8, 4) is 5.75 Å². The van der Waals surface area contributed by atoms with Gasteiger partial charge in [0.05, 0.1) is 12.0 Å². The molecule has 3 rings (SSSR count). The Morgan fingerprint density at radius 1 is 1.00 bits per heavy atom. The molecule has 1 N–H and O–H groups in total. The molecule has 7 nitrogen and oxygen atoms in total. The van der Waals surface area contributed by atoms with Crippen LogP contribution in [0, 0.1) is 6.92 Å². The molecule has 2 amide bonds. The van der Waals surface area contributed by atoms with Crippen LogP contribution in [0.1, 0.15) is 11.1 Å². The molecule has 0 bridgehead atoms. The summed E-state index contributed by atoms with van der Waals surface area (Å²) in [5, 5.41) is 2.73. The van der Waals surface area contributed by atoms with E-state index in [1.807, 2.05) is 31.2 Å². The Morgan fingerprint density at radius 3 is 2.21 bits per heavy atom. The fraction of sp³-hybridized carbons (Fsp3) is 0.286. The molecule has 0 saturated carbocycles. The molecule has 0 atom stereocenters. The van der Waals surface area contributed by atoms with Gasteiger partial charge in [0.25, 0.3) is 0 Å². The van der Waals surface area contributed by atoms with Crippen molar-refractivity contribution >= 4 is 22.1 Å². The van der Waals surface area contributed by atoms with Crippen LogP contribution in [0.4, 0.5) is 4.79 Å². The zero-order valence-electron chi connectivity index (χ0n) is 16.5. The summed E-state index contributed by atoms with van der Waals surface area (Å²) in [4.78, 5) is 14.2. The lowest BCUT2D eigenvalue weighted by atomic mass is 10.2. The van der Waals surface area contributed by atoms with Gasteiger partial charge in [-0.2, -0.15) is 4.31 Å². The first kappa shape index (κ1) is 20.9. The van der Waals surface area contributed by atoms with Crippen molar-refractivity contribution in [3.63, 3.8) is 0 Å². The molecule has 154 valence electrons. The monoisotopic (exact) mass is 415 g/mol. The van der Waals surface area contributed by atoms with Gasteiger partial charge in [-0.3, -0.25) is 0 Å². The second kappa shape index (κ2) is 9.11. The number of amides is 2. The molecule has 0 radical (unpaired) electrons. The minimum absolute atomic E-state index is 0.248. The molecule has 1 aliphatic rings. The second-order valence-corrected chi connectivity index (χ2v) is 8.70. The van der Waals surface area contributed by atoms with Crippen LogP contribution in [0.2, 0.25) is 0 Å². The number of methoxy groups -OCH3 is 1. The number of aryl methyl sites for hydroxylation is 1. The summed E-state index contributed by atoms with van der Waals surface area (Å²) in [5.74, 6) is 0.768. The van der Waals surface area contributed by atoms with Crippen LogP contribution in [-0.2, 0) is 10.0 Å². The average molecular weight is 416 g/mol. The van der Waals surface area contributed by atoms with E-state index in [0.29, 0.717) is 13.1 Å². The van der Waals surface area contributed by atoms with Crippen molar-refractivity contribution < 1.29 is 17.9 Å². The molecule has 2 aromatic carbocycles. The van der Waals surface area contributed by atoms with Crippen LogP contribution < -0.4 is 10.1 Å². The lowest BCUT2D eigenvalue weighted by Gasteiger charge is -2.33. The highest BCUT2D eigenvalue weighted by Gasteiger charge is 2.29. The van der Waals surface area contributed by atoms with Gasteiger partial charge in [-0.1, -0.05) is 29.8 Å². The van der Waals surface area contributed by atoms with E-state index in [1.54, 1.807) is 48.6 Å². The Morgan fingerprint density at radius 2 is 1.62 bits per heavy atom. The Kier molecular flexibility index (Phi) is 6.56. The zero-order chi connectivity index (χ0) is 20.9. The van der Waals surface area contributed by atoms with E-state index in [0.717, 1.165) is 16.9 Å². The number of rotatable bonds is 5. The first-order chi connectivity index (χ1) is 13.9. The van der Waals surface area contributed by atoms with Gasteiger partial charge in [-0.15, -0.1) is 0 Å². The number of carbonyl (C=O) groups is 1. The molecule has 0 aliphatic carbocycles. The molecule has 29 heavy (non-hydrogen) atoms. The highest BCUT2D eigenvalue weighted by Crippen LogP contribution is 2.18. The van der Waals surface area contributed by atoms with Gasteiger partial charge in [-0.05, 0) is 42.8 Å². The van der Waals surface area contributed by atoms with E-state index in [1.165, 1.54) is 4.31 Å².